The fourth-order valence-electron chi connectivity index (χ4n) is 3.27. The molecule has 2 heterocycles. The minimum Gasteiger partial charge on any atom is -0.495 e. The van der Waals surface area contributed by atoms with E-state index in [2.05, 4.69) is 0 Å². The second-order valence-electron chi connectivity index (χ2n) is 6.46. The molecule has 1 aromatic rings. The van der Waals surface area contributed by atoms with E-state index in [-0.39, 0.29) is 41.7 Å². The molecule has 0 aromatic heterocycles. The summed E-state index contributed by atoms with van der Waals surface area (Å²) in [5, 5.41) is 9.10. The van der Waals surface area contributed by atoms with Gasteiger partial charge in [-0.15, -0.1) is 0 Å². The number of ether oxygens (including phenoxy) is 2. The van der Waals surface area contributed by atoms with Gasteiger partial charge in [-0.25, -0.2) is 8.42 Å². The van der Waals surface area contributed by atoms with Crippen molar-refractivity contribution < 1.29 is 32.6 Å². The Morgan fingerprint density at radius 2 is 1.93 bits per heavy atom. The van der Waals surface area contributed by atoms with Gasteiger partial charge in [0.1, 0.15) is 10.6 Å². The number of morpholine rings is 1. The van der Waals surface area contributed by atoms with Crippen molar-refractivity contribution in [3.8, 4) is 5.75 Å². The van der Waals surface area contributed by atoms with Crippen LogP contribution in [0.25, 0.3) is 0 Å². The smallest absolute Gasteiger partial charge is 0.308 e. The van der Waals surface area contributed by atoms with E-state index in [1.165, 1.54) is 34.5 Å². The predicted molar refractivity (Wildman–Crippen MR) is 94.2 cm³/mol. The topological polar surface area (TPSA) is 113 Å². The number of nitrogens with zero attached hydrogens (tertiary/aromatic N) is 2. The number of sulfonamides is 1. The van der Waals surface area contributed by atoms with Gasteiger partial charge in [0.05, 0.1) is 26.2 Å². The molecule has 0 saturated carbocycles. The molecule has 0 bridgehead atoms. The van der Waals surface area contributed by atoms with E-state index in [4.69, 9.17) is 14.6 Å². The highest BCUT2D eigenvalue weighted by atomic mass is 32.2. The Hall–Kier alpha value is -2.17. The molecule has 1 aromatic carbocycles. The minimum absolute atomic E-state index is 0.0771. The summed E-state index contributed by atoms with van der Waals surface area (Å²) in [5.74, 6) is -1.76. The molecule has 0 aliphatic carbocycles. The Kier molecular flexibility index (Phi) is 5.68. The molecule has 2 aliphatic rings. The van der Waals surface area contributed by atoms with E-state index in [0.29, 0.717) is 26.2 Å². The van der Waals surface area contributed by atoms with Crippen LogP contribution in [0.4, 0.5) is 0 Å². The van der Waals surface area contributed by atoms with Gasteiger partial charge in [-0.2, -0.15) is 4.31 Å². The van der Waals surface area contributed by atoms with E-state index < -0.39 is 21.9 Å². The normalized spacial score (nSPS) is 21.2. The highest BCUT2D eigenvalue weighted by molar-refractivity contribution is 7.89. The molecule has 2 fully saturated rings. The number of hydrogen-bond acceptors (Lipinski definition) is 6. The summed E-state index contributed by atoms with van der Waals surface area (Å²) in [4.78, 5) is 25.2. The maximum atomic E-state index is 13.0. The summed E-state index contributed by atoms with van der Waals surface area (Å²) in [5.41, 5.74) is 0.189. The van der Waals surface area contributed by atoms with Crippen LogP contribution in [-0.2, 0) is 19.6 Å². The van der Waals surface area contributed by atoms with Crippen molar-refractivity contribution >= 4 is 21.9 Å². The van der Waals surface area contributed by atoms with Crippen LogP contribution in [0, 0.1) is 5.92 Å². The highest BCUT2D eigenvalue weighted by Gasteiger charge is 2.33. The first-order valence-corrected chi connectivity index (χ1v) is 10.1. The summed E-state index contributed by atoms with van der Waals surface area (Å²) in [6.45, 7) is 1.53. The summed E-state index contributed by atoms with van der Waals surface area (Å²) in [6, 6.07) is 4.25. The molecule has 1 amide bonds. The molecule has 10 heteroatoms. The number of aliphatic carboxylic acids is 1. The maximum absolute atomic E-state index is 13.0. The third-order valence-electron chi connectivity index (χ3n) is 4.82. The lowest BCUT2D eigenvalue weighted by Crippen LogP contribution is -2.40. The molecule has 0 spiro atoms. The molecule has 2 aliphatic heterocycles. The summed E-state index contributed by atoms with van der Waals surface area (Å²) < 4.78 is 37.7. The Balaban J connectivity index is 1.89. The Labute approximate surface area is 157 Å². The van der Waals surface area contributed by atoms with Crippen LogP contribution in [0.5, 0.6) is 5.75 Å². The standard InChI is InChI=1S/C17H22N2O7S/c1-25-14-3-2-12(16(20)18-5-4-13(11-18)17(21)22)10-15(14)27(23,24)19-6-8-26-9-7-19/h2-3,10,13H,4-9,11H2,1H3,(H,21,22). The van der Waals surface area contributed by atoms with Crippen molar-refractivity contribution in [2.24, 2.45) is 5.92 Å². The quantitative estimate of drug-likeness (QED) is 0.757. The molecule has 1 unspecified atom stereocenters. The van der Waals surface area contributed by atoms with Gasteiger partial charge >= 0.3 is 5.97 Å². The summed E-state index contributed by atoms with van der Waals surface area (Å²) in [7, 11) is -2.48. The summed E-state index contributed by atoms with van der Waals surface area (Å²) >= 11 is 0. The van der Waals surface area contributed by atoms with Crippen LogP contribution in [0.3, 0.4) is 0 Å². The number of rotatable bonds is 5. The van der Waals surface area contributed by atoms with Gasteiger partial charge in [-0.05, 0) is 24.6 Å². The third-order valence-corrected chi connectivity index (χ3v) is 6.74. The van der Waals surface area contributed by atoms with Crippen LogP contribution < -0.4 is 4.74 Å². The lowest BCUT2D eigenvalue weighted by Gasteiger charge is -2.27. The molecular formula is C17H22N2O7S. The van der Waals surface area contributed by atoms with Crippen molar-refractivity contribution in [1.82, 2.24) is 9.21 Å². The SMILES string of the molecule is COc1ccc(C(=O)N2CCC(C(=O)O)C2)cc1S(=O)(=O)N1CCOCC1. The first-order valence-electron chi connectivity index (χ1n) is 8.62. The molecular weight excluding hydrogens is 376 g/mol. The van der Waals surface area contributed by atoms with E-state index in [9.17, 15) is 18.0 Å². The zero-order chi connectivity index (χ0) is 19.6. The first kappa shape index (κ1) is 19.6. The molecule has 27 heavy (non-hydrogen) atoms. The molecule has 1 atom stereocenters. The van der Waals surface area contributed by atoms with Gasteiger partial charge in [-0.1, -0.05) is 0 Å². The van der Waals surface area contributed by atoms with Crippen LogP contribution in [-0.4, -0.2) is 81.1 Å². The number of carbonyl (C=O) groups excluding carboxylic acids is 1. The van der Waals surface area contributed by atoms with Crippen LogP contribution in [0.2, 0.25) is 0 Å². The van der Waals surface area contributed by atoms with Gasteiger partial charge in [0.15, 0.2) is 0 Å². The molecule has 2 saturated heterocycles. The van der Waals surface area contributed by atoms with Gasteiger partial charge in [0, 0.05) is 31.7 Å². The molecule has 148 valence electrons. The Morgan fingerprint density at radius 3 is 2.52 bits per heavy atom. The van der Waals surface area contributed by atoms with Crippen LogP contribution >= 0.6 is 0 Å². The summed E-state index contributed by atoms with van der Waals surface area (Å²) in [6.07, 6.45) is 0.385. The molecule has 0 radical (unpaired) electrons. The lowest BCUT2D eigenvalue weighted by molar-refractivity contribution is -0.141. The van der Waals surface area contributed by atoms with Gasteiger partial charge in [0.25, 0.3) is 5.91 Å². The second-order valence-corrected chi connectivity index (χ2v) is 8.36. The van der Waals surface area contributed by atoms with E-state index in [1.807, 2.05) is 0 Å². The average molecular weight is 398 g/mol. The van der Waals surface area contributed by atoms with Gasteiger partial charge in [-0.3, -0.25) is 9.59 Å². The molecule has 9 nitrogen and oxygen atoms in total. The van der Waals surface area contributed by atoms with Gasteiger partial charge < -0.3 is 19.5 Å². The van der Waals surface area contributed by atoms with Crippen molar-refractivity contribution in [2.75, 3.05) is 46.5 Å². The zero-order valence-electron chi connectivity index (χ0n) is 15.0. The van der Waals surface area contributed by atoms with Crippen LogP contribution in [0.1, 0.15) is 16.8 Å². The Bertz CT molecular complexity index is 834. The minimum atomic E-state index is -3.85. The number of carboxylic acid groups (broad SMARTS) is 1. The number of methoxy groups -OCH3 is 1. The third kappa shape index (κ3) is 3.92. The largest absolute Gasteiger partial charge is 0.495 e. The number of hydrogen-bond donors (Lipinski definition) is 1. The van der Waals surface area contributed by atoms with E-state index in [1.54, 1.807) is 0 Å². The van der Waals surface area contributed by atoms with Crippen molar-refractivity contribution in [2.45, 2.75) is 11.3 Å². The molecule has 3 rings (SSSR count). The average Bonchev–Trinajstić information content (AvgIpc) is 3.18. The molecule has 1 N–H and O–H groups in total. The van der Waals surface area contributed by atoms with Crippen molar-refractivity contribution in [3.63, 3.8) is 0 Å². The number of amides is 1. The van der Waals surface area contributed by atoms with Crippen molar-refractivity contribution in [1.29, 1.82) is 0 Å². The van der Waals surface area contributed by atoms with Crippen molar-refractivity contribution in [3.05, 3.63) is 23.8 Å². The lowest BCUT2D eigenvalue weighted by atomic mass is 10.1. The predicted octanol–water partition coefficient (Wildman–Crippen LogP) is 0.263. The number of benzene rings is 1. The van der Waals surface area contributed by atoms with Crippen LogP contribution in [0.15, 0.2) is 23.1 Å². The fourth-order valence-corrected chi connectivity index (χ4v) is 4.86. The number of carboxylic acids is 1. The van der Waals surface area contributed by atoms with Gasteiger partial charge in [0.2, 0.25) is 10.0 Å². The Morgan fingerprint density at radius 1 is 1.22 bits per heavy atom. The maximum Gasteiger partial charge on any atom is 0.308 e. The second kappa shape index (κ2) is 7.83. The van der Waals surface area contributed by atoms with E-state index >= 15 is 0 Å². The monoisotopic (exact) mass is 398 g/mol. The highest BCUT2D eigenvalue weighted by Crippen LogP contribution is 2.29. The zero-order valence-corrected chi connectivity index (χ0v) is 15.8. The fraction of sp³-hybridized carbons (Fsp3) is 0.529. The first-order chi connectivity index (χ1) is 12.8. The number of carbonyl (C=O) groups is 2. The van der Waals surface area contributed by atoms with E-state index in [0.717, 1.165) is 0 Å². The number of likely N-dealkylation sites (tertiary alicyclic amines) is 1.